The Balaban J connectivity index is 4.26. The second kappa shape index (κ2) is 6.02. The Hall–Kier alpha value is -0.570. The third-order valence-corrected chi connectivity index (χ3v) is 2.35. The van der Waals surface area contributed by atoms with Crippen molar-refractivity contribution >= 4 is 5.91 Å². The molecule has 0 unspecified atom stereocenters. The second-order valence-electron chi connectivity index (χ2n) is 4.72. The predicted octanol–water partition coefficient (Wildman–Crippen LogP) is 1.56. The summed E-state index contributed by atoms with van der Waals surface area (Å²) < 4.78 is 0. The fraction of sp³-hybridized carbons (Fsp3) is 0.909. The number of carbonyl (C=O) groups excluding carboxylic acids is 1. The minimum Gasteiger partial charge on any atom is -0.395 e. The molecule has 0 aliphatic carbocycles. The van der Waals surface area contributed by atoms with Crippen molar-refractivity contribution in [1.29, 1.82) is 0 Å². The van der Waals surface area contributed by atoms with Crippen LogP contribution in [0.2, 0.25) is 0 Å². The lowest BCUT2D eigenvalue weighted by Gasteiger charge is -2.29. The molecule has 0 radical (unpaired) electrons. The fourth-order valence-electron chi connectivity index (χ4n) is 1.55. The van der Waals surface area contributed by atoms with Gasteiger partial charge in [-0.05, 0) is 11.8 Å². The van der Waals surface area contributed by atoms with Crippen LogP contribution in [-0.4, -0.2) is 24.2 Å². The van der Waals surface area contributed by atoms with Gasteiger partial charge >= 0.3 is 0 Å². The number of aliphatic hydroxyl groups excluding tert-OH is 1. The molecule has 2 N–H and O–H groups in total. The second-order valence-corrected chi connectivity index (χ2v) is 4.72. The van der Waals surface area contributed by atoms with E-state index >= 15 is 0 Å². The molecular formula is C11H23NO2. The molecule has 0 aliphatic heterocycles. The van der Waals surface area contributed by atoms with Crippen molar-refractivity contribution in [2.45, 2.75) is 40.5 Å². The Bertz CT molecular complexity index is 173. The predicted molar refractivity (Wildman–Crippen MR) is 57.9 cm³/mol. The molecular weight excluding hydrogens is 178 g/mol. The van der Waals surface area contributed by atoms with Crippen molar-refractivity contribution in [3.63, 3.8) is 0 Å². The van der Waals surface area contributed by atoms with Crippen LogP contribution in [0.1, 0.15) is 40.5 Å². The minimum absolute atomic E-state index is 0.00442. The molecule has 84 valence electrons. The smallest absolute Gasteiger partial charge is 0.223 e. The van der Waals surface area contributed by atoms with Crippen molar-refractivity contribution < 1.29 is 9.90 Å². The van der Waals surface area contributed by atoms with Gasteiger partial charge in [-0.2, -0.15) is 0 Å². The van der Waals surface area contributed by atoms with Crippen LogP contribution in [0.25, 0.3) is 0 Å². The first-order chi connectivity index (χ1) is 6.43. The first-order valence-corrected chi connectivity index (χ1v) is 5.32. The molecule has 0 saturated heterocycles. The molecule has 0 saturated carbocycles. The molecule has 1 amide bonds. The highest BCUT2D eigenvalue weighted by Crippen LogP contribution is 2.29. The number of nitrogens with one attached hydrogen (secondary N) is 1. The minimum atomic E-state index is -0.00442. The molecule has 0 aromatic carbocycles. The van der Waals surface area contributed by atoms with E-state index in [0.29, 0.717) is 6.54 Å². The summed E-state index contributed by atoms with van der Waals surface area (Å²) in [5, 5.41) is 11.3. The summed E-state index contributed by atoms with van der Waals surface area (Å²) in [7, 11) is 0. The van der Waals surface area contributed by atoms with E-state index < -0.39 is 0 Å². The summed E-state index contributed by atoms with van der Waals surface area (Å²) >= 11 is 0. The SMILES string of the molecule is CCC[C@H](C(=O)NCCO)C(C)(C)C. The van der Waals surface area contributed by atoms with Crippen LogP contribution in [0.5, 0.6) is 0 Å². The Kier molecular flexibility index (Phi) is 5.77. The molecule has 0 heterocycles. The molecule has 3 heteroatoms. The van der Waals surface area contributed by atoms with Crippen LogP contribution in [-0.2, 0) is 4.79 Å². The van der Waals surface area contributed by atoms with Gasteiger partial charge in [-0.3, -0.25) is 4.79 Å². The average Bonchev–Trinajstić information content (AvgIpc) is 2.08. The number of rotatable bonds is 5. The number of aliphatic hydroxyl groups is 1. The Labute approximate surface area is 86.9 Å². The topological polar surface area (TPSA) is 49.3 Å². The lowest BCUT2D eigenvalue weighted by Crippen LogP contribution is -2.39. The third-order valence-electron chi connectivity index (χ3n) is 2.35. The van der Waals surface area contributed by atoms with E-state index in [1.165, 1.54) is 0 Å². The Morgan fingerprint density at radius 1 is 1.43 bits per heavy atom. The lowest BCUT2D eigenvalue weighted by molar-refractivity contribution is -0.128. The molecule has 0 aromatic rings. The van der Waals surface area contributed by atoms with Gasteiger partial charge in [0.2, 0.25) is 5.91 Å². The molecule has 14 heavy (non-hydrogen) atoms. The van der Waals surface area contributed by atoms with E-state index in [2.05, 4.69) is 33.0 Å². The molecule has 1 atom stereocenters. The molecule has 0 fully saturated rings. The van der Waals surface area contributed by atoms with Gasteiger partial charge in [0.25, 0.3) is 0 Å². The third kappa shape index (κ3) is 4.61. The first-order valence-electron chi connectivity index (χ1n) is 5.32. The van der Waals surface area contributed by atoms with E-state index in [9.17, 15) is 4.79 Å². The summed E-state index contributed by atoms with van der Waals surface area (Å²) in [6.45, 7) is 8.67. The van der Waals surface area contributed by atoms with Crippen molar-refractivity contribution in [2.75, 3.05) is 13.2 Å². The molecule has 0 spiro atoms. The summed E-state index contributed by atoms with van der Waals surface area (Å²) in [5.41, 5.74) is -0.00442. The van der Waals surface area contributed by atoms with Gasteiger partial charge in [0.05, 0.1) is 6.61 Å². The van der Waals surface area contributed by atoms with Crippen LogP contribution in [0.15, 0.2) is 0 Å². The standard InChI is InChI=1S/C11H23NO2/c1-5-6-9(11(2,3)4)10(14)12-7-8-13/h9,13H,5-8H2,1-4H3,(H,12,14)/t9-/m1/s1. The zero-order chi connectivity index (χ0) is 11.2. The van der Waals surface area contributed by atoms with E-state index in [0.717, 1.165) is 12.8 Å². The Morgan fingerprint density at radius 2 is 2.00 bits per heavy atom. The van der Waals surface area contributed by atoms with Crippen molar-refractivity contribution in [2.24, 2.45) is 11.3 Å². The number of amides is 1. The molecule has 0 bridgehead atoms. The normalized spacial score (nSPS) is 13.8. The average molecular weight is 201 g/mol. The highest BCUT2D eigenvalue weighted by molar-refractivity contribution is 5.79. The van der Waals surface area contributed by atoms with Crippen LogP contribution in [0.4, 0.5) is 0 Å². The van der Waals surface area contributed by atoms with Gasteiger partial charge in [0.15, 0.2) is 0 Å². The number of hydrogen-bond acceptors (Lipinski definition) is 2. The van der Waals surface area contributed by atoms with E-state index in [1.54, 1.807) is 0 Å². The fourth-order valence-corrected chi connectivity index (χ4v) is 1.55. The van der Waals surface area contributed by atoms with Gasteiger partial charge in [-0.1, -0.05) is 34.1 Å². The molecule has 0 rings (SSSR count). The zero-order valence-corrected chi connectivity index (χ0v) is 9.76. The maximum Gasteiger partial charge on any atom is 0.223 e. The van der Waals surface area contributed by atoms with Gasteiger partial charge in [0.1, 0.15) is 0 Å². The summed E-state index contributed by atoms with van der Waals surface area (Å²) in [5.74, 6) is 0.104. The maximum absolute atomic E-state index is 11.7. The van der Waals surface area contributed by atoms with Gasteiger partial charge in [-0.15, -0.1) is 0 Å². The summed E-state index contributed by atoms with van der Waals surface area (Å²) in [4.78, 5) is 11.7. The van der Waals surface area contributed by atoms with Crippen LogP contribution >= 0.6 is 0 Å². The highest BCUT2D eigenvalue weighted by Gasteiger charge is 2.29. The maximum atomic E-state index is 11.7. The monoisotopic (exact) mass is 201 g/mol. The Morgan fingerprint density at radius 3 is 2.36 bits per heavy atom. The highest BCUT2D eigenvalue weighted by atomic mass is 16.3. The quantitative estimate of drug-likeness (QED) is 0.709. The van der Waals surface area contributed by atoms with Crippen molar-refractivity contribution in [3.05, 3.63) is 0 Å². The molecule has 0 aromatic heterocycles. The lowest BCUT2D eigenvalue weighted by atomic mass is 9.77. The molecule has 0 aliphatic rings. The van der Waals surface area contributed by atoms with Crippen LogP contribution in [0, 0.1) is 11.3 Å². The van der Waals surface area contributed by atoms with E-state index in [4.69, 9.17) is 5.11 Å². The van der Waals surface area contributed by atoms with E-state index in [-0.39, 0.29) is 23.8 Å². The van der Waals surface area contributed by atoms with Gasteiger partial charge in [0, 0.05) is 12.5 Å². The summed E-state index contributed by atoms with van der Waals surface area (Å²) in [6, 6.07) is 0. The van der Waals surface area contributed by atoms with Crippen LogP contribution < -0.4 is 5.32 Å². The van der Waals surface area contributed by atoms with Crippen molar-refractivity contribution in [3.8, 4) is 0 Å². The van der Waals surface area contributed by atoms with Gasteiger partial charge in [-0.25, -0.2) is 0 Å². The zero-order valence-electron chi connectivity index (χ0n) is 9.76. The van der Waals surface area contributed by atoms with Crippen LogP contribution in [0.3, 0.4) is 0 Å². The number of carbonyl (C=O) groups is 1. The van der Waals surface area contributed by atoms with Crippen molar-refractivity contribution in [1.82, 2.24) is 5.32 Å². The summed E-state index contributed by atoms with van der Waals surface area (Å²) in [6.07, 6.45) is 1.91. The first kappa shape index (κ1) is 13.4. The largest absolute Gasteiger partial charge is 0.395 e. The van der Waals surface area contributed by atoms with E-state index in [1.807, 2.05) is 0 Å². The number of hydrogen-bond donors (Lipinski definition) is 2. The van der Waals surface area contributed by atoms with Gasteiger partial charge < -0.3 is 10.4 Å². The molecule has 3 nitrogen and oxygen atoms in total.